The van der Waals surface area contributed by atoms with Crippen molar-refractivity contribution in [1.29, 1.82) is 0 Å². The lowest BCUT2D eigenvalue weighted by Gasteiger charge is -2.29. The Hall–Kier alpha value is -0.770. The van der Waals surface area contributed by atoms with Crippen LogP contribution in [0.4, 0.5) is 4.79 Å². The van der Waals surface area contributed by atoms with Gasteiger partial charge in [-0.2, -0.15) is 0 Å². The van der Waals surface area contributed by atoms with Crippen LogP contribution >= 0.6 is 0 Å². The molecule has 21 heavy (non-hydrogen) atoms. The maximum absolute atomic E-state index is 9.59. The summed E-state index contributed by atoms with van der Waals surface area (Å²) in [6.07, 6.45) is 9.95. The molecule has 0 atom stereocenters. The Balaban J connectivity index is 0. The molecule has 0 aromatic carbocycles. The summed E-state index contributed by atoms with van der Waals surface area (Å²) in [5, 5.41) is 7.86. The quantitative estimate of drug-likeness (QED) is 0.534. The van der Waals surface area contributed by atoms with Crippen molar-refractivity contribution in [3.8, 4) is 0 Å². The molecular formula is C17H37NO3. The summed E-state index contributed by atoms with van der Waals surface area (Å²) in [6.45, 7) is 10.1. The fourth-order valence-electron chi connectivity index (χ4n) is 2.16. The Morgan fingerprint density at radius 3 is 1.48 bits per heavy atom. The Labute approximate surface area is 131 Å². The van der Waals surface area contributed by atoms with Crippen LogP contribution in [0.25, 0.3) is 0 Å². The van der Waals surface area contributed by atoms with Gasteiger partial charge in [0, 0.05) is 5.54 Å². The first-order chi connectivity index (χ1) is 9.81. The van der Waals surface area contributed by atoms with Crippen molar-refractivity contribution in [1.82, 2.24) is 0 Å². The van der Waals surface area contributed by atoms with Crippen LogP contribution < -0.4 is 5.73 Å². The molecule has 0 aromatic rings. The van der Waals surface area contributed by atoms with Crippen molar-refractivity contribution >= 4 is 6.16 Å². The Kier molecular flexibility index (Phi) is 15.2. The largest absolute Gasteiger partial charge is 0.506 e. The molecule has 0 aromatic heterocycles. The molecule has 3 N–H and O–H groups in total. The van der Waals surface area contributed by atoms with E-state index in [4.69, 9.17) is 10.8 Å². The van der Waals surface area contributed by atoms with Crippen LogP contribution in [0.1, 0.15) is 92.4 Å². The van der Waals surface area contributed by atoms with Crippen LogP contribution in [0.15, 0.2) is 0 Å². The molecule has 0 spiro atoms. The second-order valence-electron chi connectivity index (χ2n) is 6.11. The van der Waals surface area contributed by atoms with Crippen molar-refractivity contribution in [2.45, 2.75) is 104 Å². The van der Waals surface area contributed by atoms with Gasteiger partial charge in [-0.3, -0.25) is 0 Å². The molecule has 0 saturated heterocycles. The van der Waals surface area contributed by atoms with Gasteiger partial charge in [0.25, 0.3) is 0 Å². The highest BCUT2D eigenvalue weighted by molar-refractivity contribution is 5.56. The van der Waals surface area contributed by atoms with Crippen LogP contribution in [0, 0.1) is 0 Å². The second-order valence-corrected chi connectivity index (χ2v) is 6.11. The van der Waals surface area contributed by atoms with Gasteiger partial charge in [0.05, 0.1) is 6.10 Å². The Morgan fingerprint density at radius 1 is 1.00 bits per heavy atom. The lowest BCUT2D eigenvalue weighted by atomic mass is 9.84. The Morgan fingerprint density at radius 2 is 1.33 bits per heavy atom. The molecule has 0 aliphatic rings. The summed E-state index contributed by atoms with van der Waals surface area (Å²) in [4.78, 5) is 9.59. The first kappa shape index (κ1) is 22.5. The first-order valence-corrected chi connectivity index (χ1v) is 8.49. The van der Waals surface area contributed by atoms with E-state index < -0.39 is 6.16 Å². The SMILES string of the molecule is CC(C)OC(=O)O.CCCCC(N)(CCCC)CCCC. The normalized spacial score (nSPS) is 11.0. The fraction of sp³-hybridized carbons (Fsp3) is 0.941. The zero-order chi connectivity index (χ0) is 16.7. The van der Waals surface area contributed by atoms with Gasteiger partial charge in [-0.25, -0.2) is 4.79 Å². The van der Waals surface area contributed by atoms with E-state index in [0.717, 1.165) is 0 Å². The highest BCUT2D eigenvalue weighted by Crippen LogP contribution is 2.24. The maximum Gasteiger partial charge on any atom is 0.506 e. The topological polar surface area (TPSA) is 72.5 Å². The van der Waals surface area contributed by atoms with Crippen molar-refractivity contribution in [3.05, 3.63) is 0 Å². The van der Waals surface area contributed by atoms with E-state index in [1.54, 1.807) is 13.8 Å². The van der Waals surface area contributed by atoms with Gasteiger partial charge in [0.2, 0.25) is 0 Å². The minimum atomic E-state index is -1.21. The summed E-state index contributed by atoms with van der Waals surface area (Å²) < 4.78 is 4.17. The van der Waals surface area contributed by atoms with Gasteiger partial charge >= 0.3 is 6.16 Å². The van der Waals surface area contributed by atoms with Crippen molar-refractivity contribution in [2.75, 3.05) is 0 Å². The van der Waals surface area contributed by atoms with Crippen LogP contribution in [0.2, 0.25) is 0 Å². The molecule has 0 radical (unpaired) electrons. The summed E-state index contributed by atoms with van der Waals surface area (Å²) in [5.41, 5.74) is 6.61. The third kappa shape index (κ3) is 17.2. The average molecular weight is 303 g/mol. The highest BCUT2D eigenvalue weighted by atomic mass is 16.7. The van der Waals surface area contributed by atoms with E-state index >= 15 is 0 Å². The van der Waals surface area contributed by atoms with E-state index in [0.29, 0.717) is 0 Å². The summed E-state index contributed by atoms with van der Waals surface area (Å²) in [5.74, 6) is 0. The van der Waals surface area contributed by atoms with Crippen LogP contribution in [0.5, 0.6) is 0 Å². The lowest BCUT2D eigenvalue weighted by molar-refractivity contribution is 0.0660. The van der Waals surface area contributed by atoms with Gasteiger partial charge < -0.3 is 15.6 Å². The zero-order valence-corrected chi connectivity index (χ0v) is 14.8. The molecule has 0 saturated carbocycles. The molecular weight excluding hydrogens is 266 g/mol. The molecule has 0 unspecified atom stereocenters. The molecule has 0 aliphatic heterocycles. The number of carboxylic acid groups (broad SMARTS) is 1. The van der Waals surface area contributed by atoms with Gasteiger partial charge in [-0.1, -0.05) is 59.3 Å². The minimum Gasteiger partial charge on any atom is -0.450 e. The first-order valence-electron chi connectivity index (χ1n) is 8.49. The number of ether oxygens (including phenoxy) is 1. The zero-order valence-electron chi connectivity index (χ0n) is 14.8. The maximum atomic E-state index is 9.59. The van der Waals surface area contributed by atoms with Crippen LogP contribution in [-0.4, -0.2) is 22.9 Å². The number of hydrogen-bond acceptors (Lipinski definition) is 3. The monoisotopic (exact) mass is 303 g/mol. The van der Waals surface area contributed by atoms with Gasteiger partial charge in [0.1, 0.15) is 0 Å². The molecule has 0 aliphatic carbocycles. The average Bonchev–Trinajstić information content (AvgIpc) is 2.40. The number of hydrogen-bond donors (Lipinski definition) is 2. The minimum absolute atomic E-state index is 0.155. The van der Waals surface area contributed by atoms with Crippen molar-refractivity contribution < 1.29 is 14.6 Å². The van der Waals surface area contributed by atoms with E-state index in [-0.39, 0.29) is 11.6 Å². The van der Waals surface area contributed by atoms with E-state index in [9.17, 15) is 4.79 Å². The number of carbonyl (C=O) groups is 1. The van der Waals surface area contributed by atoms with E-state index in [2.05, 4.69) is 25.5 Å². The summed E-state index contributed by atoms with van der Waals surface area (Å²) >= 11 is 0. The molecule has 0 bridgehead atoms. The second kappa shape index (κ2) is 14.2. The third-order valence-corrected chi connectivity index (χ3v) is 3.42. The van der Waals surface area contributed by atoms with E-state index in [1.165, 1.54) is 57.8 Å². The number of rotatable bonds is 10. The highest BCUT2D eigenvalue weighted by Gasteiger charge is 2.22. The molecule has 0 fully saturated rings. The van der Waals surface area contributed by atoms with Crippen molar-refractivity contribution in [3.63, 3.8) is 0 Å². The predicted molar refractivity (Wildman–Crippen MR) is 89.7 cm³/mol. The molecule has 4 heteroatoms. The fourth-order valence-corrected chi connectivity index (χ4v) is 2.16. The predicted octanol–water partition coefficient (Wildman–Crippen LogP) is 5.34. The van der Waals surface area contributed by atoms with E-state index in [1.807, 2.05) is 0 Å². The molecule has 0 heterocycles. The van der Waals surface area contributed by atoms with Crippen molar-refractivity contribution in [2.24, 2.45) is 5.73 Å². The van der Waals surface area contributed by atoms with Gasteiger partial charge in [-0.15, -0.1) is 0 Å². The van der Waals surface area contributed by atoms with Crippen LogP contribution in [0.3, 0.4) is 0 Å². The third-order valence-electron chi connectivity index (χ3n) is 3.42. The van der Waals surface area contributed by atoms with Gasteiger partial charge in [-0.05, 0) is 33.1 Å². The number of nitrogens with two attached hydrogens (primary N) is 1. The molecule has 4 nitrogen and oxygen atoms in total. The smallest absolute Gasteiger partial charge is 0.450 e. The summed E-state index contributed by atoms with van der Waals surface area (Å²) in [7, 11) is 0. The van der Waals surface area contributed by atoms with Gasteiger partial charge in [0.15, 0.2) is 0 Å². The molecule has 128 valence electrons. The Bertz CT molecular complexity index is 220. The van der Waals surface area contributed by atoms with Crippen LogP contribution in [-0.2, 0) is 4.74 Å². The number of unbranched alkanes of at least 4 members (excludes halogenated alkanes) is 3. The summed E-state index contributed by atoms with van der Waals surface area (Å²) in [6, 6.07) is 0. The molecule has 0 amide bonds. The molecule has 0 rings (SSSR count). The lowest BCUT2D eigenvalue weighted by Crippen LogP contribution is -2.39. The standard InChI is InChI=1S/C13H29N.C4H8O3/c1-4-7-10-13(14,11-8-5-2)12-9-6-3;1-3(2)7-4(5)6/h4-12,14H2,1-3H3;3H,1-2H3,(H,5,6).